The van der Waals surface area contributed by atoms with E-state index >= 15 is 0 Å². The van der Waals surface area contributed by atoms with Crippen molar-refractivity contribution in [3.8, 4) is 0 Å². The first kappa shape index (κ1) is 10.2. The van der Waals surface area contributed by atoms with Crippen LogP contribution in [0.3, 0.4) is 0 Å². The number of allylic oxidation sites excluding steroid dienone is 1. The highest BCUT2D eigenvalue weighted by Crippen LogP contribution is 2.04. The molecule has 1 aliphatic heterocycles. The van der Waals surface area contributed by atoms with Crippen LogP contribution < -0.4 is 0 Å². The van der Waals surface area contributed by atoms with Gasteiger partial charge in [0.2, 0.25) is 0 Å². The first-order valence-corrected chi connectivity index (χ1v) is 4.35. The van der Waals surface area contributed by atoms with Crippen LogP contribution in [0.4, 0.5) is 0 Å². The molecular formula is C9H14O4. The second-order valence-corrected chi connectivity index (χ2v) is 2.65. The molecule has 1 heterocycles. The predicted molar refractivity (Wildman–Crippen MR) is 46.1 cm³/mol. The zero-order chi connectivity index (χ0) is 9.52. The maximum absolute atomic E-state index is 10.9. The second-order valence-electron chi connectivity index (χ2n) is 2.65. The third kappa shape index (κ3) is 4.05. The van der Waals surface area contributed by atoms with Crippen molar-refractivity contribution in [3.63, 3.8) is 0 Å². The number of rotatable bonds is 3. The minimum Gasteiger partial charge on any atom is -0.457 e. The van der Waals surface area contributed by atoms with Crippen LogP contribution >= 0.6 is 0 Å². The molecule has 74 valence electrons. The van der Waals surface area contributed by atoms with E-state index in [4.69, 9.17) is 14.2 Å². The van der Waals surface area contributed by atoms with Crippen LogP contribution in [-0.4, -0.2) is 32.1 Å². The molecule has 0 bridgehead atoms. The van der Waals surface area contributed by atoms with Gasteiger partial charge in [0, 0.05) is 6.08 Å². The summed E-state index contributed by atoms with van der Waals surface area (Å²) in [5.41, 5.74) is 0. The fraction of sp³-hybridized carbons (Fsp3) is 0.667. The van der Waals surface area contributed by atoms with Crippen molar-refractivity contribution in [2.45, 2.75) is 19.6 Å². The lowest BCUT2D eigenvalue weighted by Gasteiger charge is -2.22. The predicted octanol–water partition coefficient (Wildman–Crippen LogP) is 0.869. The summed E-state index contributed by atoms with van der Waals surface area (Å²) in [5, 5.41) is 0. The molecule has 0 radical (unpaired) electrons. The van der Waals surface area contributed by atoms with E-state index in [1.807, 2.05) is 0 Å². The Morgan fingerprint density at radius 2 is 2.23 bits per heavy atom. The van der Waals surface area contributed by atoms with E-state index in [0.717, 1.165) is 6.42 Å². The average Bonchev–Trinajstić information content (AvgIpc) is 2.17. The first-order chi connectivity index (χ1) is 6.33. The highest BCUT2D eigenvalue weighted by atomic mass is 16.7. The van der Waals surface area contributed by atoms with Gasteiger partial charge in [-0.15, -0.1) is 0 Å². The Bertz CT molecular complexity index is 182. The largest absolute Gasteiger partial charge is 0.457 e. The third-order valence-corrected chi connectivity index (χ3v) is 1.56. The Morgan fingerprint density at radius 1 is 1.54 bits per heavy atom. The zero-order valence-electron chi connectivity index (χ0n) is 7.69. The molecule has 13 heavy (non-hydrogen) atoms. The van der Waals surface area contributed by atoms with Gasteiger partial charge in [-0.1, -0.05) is 6.08 Å². The monoisotopic (exact) mass is 186 g/mol. The summed E-state index contributed by atoms with van der Waals surface area (Å²) < 4.78 is 15.2. The Balaban J connectivity index is 2.13. The molecule has 0 amide bonds. The van der Waals surface area contributed by atoms with E-state index in [2.05, 4.69) is 0 Å². The minimum atomic E-state index is -0.386. The molecular weight excluding hydrogens is 172 g/mol. The minimum absolute atomic E-state index is 0.170. The van der Waals surface area contributed by atoms with E-state index in [9.17, 15) is 4.79 Å². The number of carbonyl (C=O) groups excluding carboxylic acids is 1. The van der Waals surface area contributed by atoms with Crippen molar-refractivity contribution in [2.75, 3.05) is 19.8 Å². The summed E-state index contributed by atoms with van der Waals surface area (Å²) >= 11 is 0. The van der Waals surface area contributed by atoms with Crippen LogP contribution in [0.2, 0.25) is 0 Å². The van der Waals surface area contributed by atoms with Crippen molar-refractivity contribution in [1.82, 2.24) is 0 Å². The van der Waals surface area contributed by atoms with Crippen molar-refractivity contribution in [3.05, 3.63) is 12.2 Å². The average molecular weight is 186 g/mol. The zero-order valence-corrected chi connectivity index (χ0v) is 7.69. The summed E-state index contributed by atoms with van der Waals surface area (Å²) in [7, 11) is 0. The Labute approximate surface area is 77.5 Å². The molecule has 0 N–H and O–H groups in total. The molecule has 0 saturated carbocycles. The van der Waals surface area contributed by atoms with Crippen LogP contribution in [0.1, 0.15) is 13.3 Å². The summed E-state index contributed by atoms with van der Waals surface area (Å²) in [6.07, 6.45) is 3.51. The van der Waals surface area contributed by atoms with Gasteiger partial charge in [-0.25, -0.2) is 4.79 Å². The van der Waals surface area contributed by atoms with Crippen LogP contribution in [-0.2, 0) is 19.0 Å². The topological polar surface area (TPSA) is 44.8 Å². The van der Waals surface area contributed by atoms with E-state index in [1.54, 1.807) is 13.0 Å². The third-order valence-electron chi connectivity index (χ3n) is 1.56. The fourth-order valence-electron chi connectivity index (χ4n) is 0.967. The van der Waals surface area contributed by atoms with Gasteiger partial charge >= 0.3 is 5.97 Å². The number of hydrogen-bond acceptors (Lipinski definition) is 4. The molecule has 4 heteroatoms. The smallest absolute Gasteiger partial charge is 0.330 e. The molecule has 1 aliphatic rings. The molecule has 1 rings (SSSR count). The molecule has 0 atom stereocenters. The first-order valence-electron chi connectivity index (χ1n) is 4.35. The number of carbonyl (C=O) groups is 1. The molecule has 0 aromatic heterocycles. The Hall–Kier alpha value is -0.870. The van der Waals surface area contributed by atoms with Gasteiger partial charge in [-0.05, 0) is 13.3 Å². The second kappa shape index (κ2) is 5.72. The molecule has 4 nitrogen and oxygen atoms in total. The summed E-state index contributed by atoms with van der Waals surface area (Å²) in [6.45, 7) is 3.27. The van der Waals surface area contributed by atoms with Crippen molar-refractivity contribution in [1.29, 1.82) is 0 Å². The van der Waals surface area contributed by atoms with Crippen LogP contribution in [0.25, 0.3) is 0 Å². The molecule has 0 aromatic carbocycles. The van der Waals surface area contributed by atoms with Crippen LogP contribution in [0, 0.1) is 0 Å². The van der Waals surface area contributed by atoms with Gasteiger partial charge < -0.3 is 14.2 Å². The lowest BCUT2D eigenvalue weighted by Crippen LogP contribution is -2.30. The van der Waals surface area contributed by atoms with Gasteiger partial charge in [0.25, 0.3) is 0 Å². The molecule has 1 fully saturated rings. The normalized spacial score (nSPS) is 19.2. The lowest BCUT2D eigenvalue weighted by molar-refractivity contribution is -0.203. The summed E-state index contributed by atoms with van der Waals surface area (Å²) in [5.74, 6) is -0.361. The highest BCUT2D eigenvalue weighted by molar-refractivity contribution is 5.81. The van der Waals surface area contributed by atoms with Gasteiger partial charge in [0.1, 0.15) is 6.61 Å². The summed E-state index contributed by atoms with van der Waals surface area (Å²) in [4.78, 5) is 10.9. The van der Waals surface area contributed by atoms with Crippen LogP contribution in [0.5, 0.6) is 0 Å². The van der Waals surface area contributed by atoms with E-state index in [0.29, 0.717) is 13.2 Å². The summed E-state index contributed by atoms with van der Waals surface area (Å²) in [6, 6.07) is 0. The van der Waals surface area contributed by atoms with Gasteiger partial charge in [0.05, 0.1) is 13.2 Å². The fourth-order valence-corrected chi connectivity index (χ4v) is 0.967. The Kier molecular flexibility index (Phi) is 4.49. The Morgan fingerprint density at radius 3 is 2.85 bits per heavy atom. The van der Waals surface area contributed by atoms with Gasteiger partial charge in [0.15, 0.2) is 6.29 Å². The molecule has 0 unspecified atom stereocenters. The van der Waals surface area contributed by atoms with Gasteiger partial charge in [-0.2, -0.15) is 0 Å². The van der Waals surface area contributed by atoms with E-state index < -0.39 is 0 Å². The molecule has 0 aromatic rings. The number of hydrogen-bond donors (Lipinski definition) is 0. The SMILES string of the molecule is C/C=C/C(=O)OCC1OCCCO1. The maximum Gasteiger partial charge on any atom is 0.330 e. The van der Waals surface area contributed by atoms with Crippen molar-refractivity contribution in [2.24, 2.45) is 0 Å². The number of ether oxygens (including phenoxy) is 3. The number of esters is 1. The van der Waals surface area contributed by atoms with Crippen LogP contribution in [0.15, 0.2) is 12.2 Å². The maximum atomic E-state index is 10.9. The molecule has 1 saturated heterocycles. The lowest BCUT2D eigenvalue weighted by atomic mass is 10.4. The quantitative estimate of drug-likeness (QED) is 0.484. The molecule has 0 spiro atoms. The molecule has 0 aliphatic carbocycles. The van der Waals surface area contributed by atoms with Crippen molar-refractivity contribution >= 4 is 5.97 Å². The van der Waals surface area contributed by atoms with E-state index in [-0.39, 0.29) is 18.9 Å². The van der Waals surface area contributed by atoms with Gasteiger partial charge in [-0.3, -0.25) is 0 Å². The standard InChI is InChI=1S/C9H14O4/c1-2-4-8(10)13-7-9-11-5-3-6-12-9/h2,4,9H,3,5-7H2,1H3/b4-2+. The highest BCUT2D eigenvalue weighted by Gasteiger charge is 2.15. The van der Waals surface area contributed by atoms with Crippen molar-refractivity contribution < 1.29 is 19.0 Å². The van der Waals surface area contributed by atoms with E-state index in [1.165, 1.54) is 6.08 Å².